The maximum absolute atomic E-state index is 13.1. The summed E-state index contributed by atoms with van der Waals surface area (Å²) in [5, 5.41) is 9.79. The highest BCUT2D eigenvalue weighted by molar-refractivity contribution is 7.99. The molecule has 0 unspecified atom stereocenters. The van der Waals surface area contributed by atoms with Gasteiger partial charge in [-0.15, -0.1) is 0 Å². The molecule has 30 heavy (non-hydrogen) atoms. The number of hydrogen-bond acceptors (Lipinski definition) is 9. The summed E-state index contributed by atoms with van der Waals surface area (Å²) in [4.78, 5) is 42.4. The number of alkyl carbamates (subject to hydrolysis) is 1. The van der Waals surface area contributed by atoms with E-state index in [1.807, 2.05) is 0 Å². The lowest BCUT2D eigenvalue weighted by atomic mass is 9.90. The zero-order chi connectivity index (χ0) is 22.1. The summed E-state index contributed by atoms with van der Waals surface area (Å²) in [6.45, 7) is 9.03. The van der Waals surface area contributed by atoms with Gasteiger partial charge in [0, 0.05) is 11.2 Å². The van der Waals surface area contributed by atoms with Crippen molar-refractivity contribution >= 4 is 29.8 Å². The molecule has 0 saturated heterocycles. The molecule has 2 aliphatic rings. The molecule has 0 bridgehead atoms. The predicted octanol–water partition coefficient (Wildman–Crippen LogP) is 1.92. The first kappa shape index (κ1) is 22.4. The highest BCUT2D eigenvalue weighted by Gasteiger charge is 2.76. The van der Waals surface area contributed by atoms with Crippen LogP contribution in [0.5, 0.6) is 0 Å². The number of aromatic amines is 1. The lowest BCUT2D eigenvalue weighted by Crippen LogP contribution is -2.58. The molecule has 1 heterocycles. The number of ether oxygens (including phenoxy) is 3. The summed E-state index contributed by atoms with van der Waals surface area (Å²) in [5.74, 6) is -2.08. The van der Waals surface area contributed by atoms with Crippen molar-refractivity contribution in [1.82, 2.24) is 20.5 Å². The molecule has 10 nitrogen and oxygen atoms in total. The number of aromatic nitrogens is 3. The van der Waals surface area contributed by atoms with E-state index in [1.54, 1.807) is 34.6 Å². The molecule has 0 radical (unpaired) electrons. The van der Waals surface area contributed by atoms with Crippen molar-refractivity contribution in [3.63, 3.8) is 0 Å². The van der Waals surface area contributed by atoms with Crippen LogP contribution in [0.1, 0.15) is 41.0 Å². The van der Waals surface area contributed by atoms with E-state index in [9.17, 15) is 14.4 Å². The summed E-state index contributed by atoms with van der Waals surface area (Å²) < 4.78 is 15.9. The lowest BCUT2D eigenvalue weighted by Gasteiger charge is -2.33. The van der Waals surface area contributed by atoms with Crippen LogP contribution in [-0.2, 0) is 23.8 Å². The number of rotatable bonds is 7. The molecule has 0 spiro atoms. The van der Waals surface area contributed by atoms with Crippen molar-refractivity contribution in [3.05, 3.63) is 6.33 Å². The summed E-state index contributed by atoms with van der Waals surface area (Å²) in [5.41, 5.74) is -2.12. The van der Waals surface area contributed by atoms with Crippen molar-refractivity contribution in [3.8, 4) is 0 Å². The van der Waals surface area contributed by atoms with Gasteiger partial charge in [0.2, 0.25) is 0 Å². The van der Waals surface area contributed by atoms with Gasteiger partial charge in [0.1, 0.15) is 17.5 Å². The molecule has 2 N–H and O–H groups in total. The summed E-state index contributed by atoms with van der Waals surface area (Å²) in [7, 11) is 0. The van der Waals surface area contributed by atoms with Gasteiger partial charge in [0.25, 0.3) is 0 Å². The van der Waals surface area contributed by atoms with Gasteiger partial charge in [0.05, 0.1) is 19.1 Å². The van der Waals surface area contributed by atoms with Gasteiger partial charge in [-0.2, -0.15) is 5.10 Å². The third-order valence-corrected chi connectivity index (χ3v) is 6.38. The number of thioether (sulfide) groups is 1. The first-order chi connectivity index (χ1) is 14.1. The molecule has 1 aromatic rings. The normalized spacial score (nSPS) is 29.6. The van der Waals surface area contributed by atoms with Gasteiger partial charge in [0.15, 0.2) is 5.16 Å². The predicted molar refractivity (Wildman–Crippen MR) is 106 cm³/mol. The van der Waals surface area contributed by atoms with Crippen molar-refractivity contribution in [2.45, 2.75) is 62.6 Å². The summed E-state index contributed by atoms with van der Waals surface area (Å²) in [6.07, 6.45) is 0.943. The molecule has 1 amide bonds. The Hall–Kier alpha value is -2.30. The summed E-state index contributed by atoms with van der Waals surface area (Å²) >= 11 is 1.39. The number of nitrogens with zero attached hydrogens (tertiary/aromatic N) is 2. The Bertz CT molecular complexity index is 795. The van der Waals surface area contributed by atoms with Crippen LogP contribution in [0.15, 0.2) is 11.5 Å². The Balaban J connectivity index is 1.91. The van der Waals surface area contributed by atoms with E-state index < -0.39 is 35.0 Å². The van der Waals surface area contributed by atoms with Crippen molar-refractivity contribution in [1.29, 1.82) is 0 Å². The SMILES string of the molecule is CCOC(=O)[C@H]1[C@H]2[C@@H]1[C@](NC(=O)OC(C)(C)C)(C(=O)OCC)C[C@@H]2Sc1ncn[nH]1. The number of amides is 1. The average Bonchev–Trinajstić information content (AvgIpc) is 3.03. The van der Waals surface area contributed by atoms with Crippen LogP contribution < -0.4 is 5.32 Å². The molecular formula is C19H28N4O6S. The van der Waals surface area contributed by atoms with Gasteiger partial charge >= 0.3 is 18.0 Å². The maximum Gasteiger partial charge on any atom is 0.408 e. The minimum absolute atomic E-state index is 0.151. The Labute approximate surface area is 179 Å². The number of H-pyrrole nitrogens is 1. The number of carbonyl (C=O) groups is 3. The summed E-state index contributed by atoms with van der Waals surface area (Å²) in [6, 6.07) is 0. The molecule has 3 rings (SSSR count). The van der Waals surface area contributed by atoms with Crippen molar-refractivity contribution in [2.75, 3.05) is 13.2 Å². The molecule has 0 aliphatic heterocycles. The molecule has 2 aliphatic carbocycles. The van der Waals surface area contributed by atoms with Gasteiger partial charge in [-0.05, 0) is 47.0 Å². The monoisotopic (exact) mass is 440 g/mol. The van der Waals surface area contributed by atoms with E-state index >= 15 is 0 Å². The molecule has 1 aromatic heterocycles. The van der Waals surface area contributed by atoms with Crippen LogP contribution in [0.4, 0.5) is 4.79 Å². The second-order valence-corrected chi connectivity index (χ2v) is 9.58. The van der Waals surface area contributed by atoms with E-state index in [1.165, 1.54) is 18.1 Å². The third-order valence-electron chi connectivity index (χ3n) is 5.18. The van der Waals surface area contributed by atoms with Gasteiger partial charge in [-0.3, -0.25) is 9.89 Å². The minimum Gasteiger partial charge on any atom is -0.466 e. The Kier molecular flexibility index (Phi) is 6.30. The highest BCUT2D eigenvalue weighted by atomic mass is 32.2. The van der Waals surface area contributed by atoms with E-state index in [4.69, 9.17) is 14.2 Å². The number of nitrogens with one attached hydrogen (secondary N) is 2. The molecule has 11 heteroatoms. The van der Waals surface area contributed by atoms with E-state index in [0.29, 0.717) is 5.16 Å². The van der Waals surface area contributed by atoms with Crippen LogP contribution in [0, 0.1) is 17.8 Å². The Morgan fingerprint density at radius 2 is 1.97 bits per heavy atom. The first-order valence-corrected chi connectivity index (χ1v) is 10.9. The largest absolute Gasteiger partial charge is 0.466 e. The zero-order valence-electron chi connectivity index (χ0n) is 17.8. The second kappa shape index (κ2) is 8.44. The van der Waals surface area contributed by atoms with Crippen LogP contribution in [-0.4, -0.2) is 62.8 Å². The third kappa shape index (κ3) is 4.40. The fraction of sp³-hybridized carbons (Fsp3) is 0.737. The molecular weight excluding hydrogens is 412 g/mol. The Morgan fingerprint density at radius 1 is 1.27 bits per heavy atom. The molecule has 5 atom stereocenters. The molecule has 2 saturated carbocycles. The van der Waals surface area contributed by atoms with Gasteiger partial charge < -0.3 is 19.5 Å². The standard InChI is InChI=1S/C19H28N4O6S/c1-6-27-14(24)12-11-10(30-16-20-9-21-23-16)8-19(13(11)12,15(25)28-7-2)22-17(26)29-18(3,4)5/h9-13H,6-8H2,1-5H3,(H,22,26)(H,20,21,23)/t10-,11-,12-,13-,19-/m0/s1. The minimum atomic E-state index is -1.38. The smallest absolute Gasteiger partial charge is 0.408 e. The number of carbonyl (C=O) groups excluding carboxylic acids is 3. The van der Waals surface area contributed by atoms with Crippen LogP contribution in [0.3, 0.4) is 0 Å². The number of fused-ring (bicyclic) bond motifs is 1. The van der Waals surface area contributed by atoms with Crippen molar-refractivity contribution in [2.24, 2.45) is 17.8 Å². The van der Waals surface area contributed by atoms with Gasteiger partial charge in [-0.1, -0.05) is 11.8 Å². The molecule has 166 valence electrons. The average molecular weight is 441 g/mol. The lowest BCUT2D eigenvalue weighted by molar-refractivity contribution is -0.153. The molecule has 0 aromatic carbocycles. The topological polar surface area (TPSA) is 132 Å². The van der Waals surface area contributed by atoms with Crippen LogP contribution >= 0.6 is 11.8 Å². The fourth-order valence-electron chi connectivity index (χ4n) is 4.23. The van der Waals surface area contributed by atoms with Gasteiger partial charge in [-0.25, -0.2) is 14.6 Å². The maximum atomic E-state index is 13.1. The number of hydrogen-bond donors (Lipinski definition) is 2. The van der Waals surface area contributed by atoms with E-state index in [2.05, 4.69) is 20.5 Å². The van der Waals surface area contributed by atoms with Crippen molar-refractivity contribution < 1.29 is 28.6 Å². The second-order valence-electron chi connectivity index (χ2n) is 8.35. The quantitative estimate of drug-likeness (QED) is 0.482. The van der Waals surface area contributed by atoms with Crippen LogP contribution in [0.25, 0.3) is 0 Å². The van der Waals surface area contributed by atoms with Crippen LogP contribution in [0.2, 0.25) is 0 Å². The number of esters is 2. The van der Waals surface area contributed by atoms with E-state index in [0.717, 1.165) is 0 Å². The Morgan fingerprint density at radius 3 is 2.53 bits per heavy atom. The fourth-order valence-corrected chi connectivity index (χ4v) is 5.57. The zero-order valence-corrected chi connectivity index (χ0v) is 18.6. The van der Waals surface area contributed by atoms with E-state index in [-0.39, 0.29) is 36.8 Å². The molecule has 2 fully saturated rings. The highest BCUT2D eigenvalue weighted by Crippen LogP contribution is 2.66. The first-order valence-electron chi connectivity index (χ1n) is 10.00.